The van der Waals surface area contributed by atoms with E-state index in [9.17, 15) is 0 Å². The van der Waals surface area contributed by atoms with E-state index in [-0.39, 0.29) is 0 Å². The van der Waals surface area contributed by atoms with E-state index in [4.69, 9.17) is 4.74 Å². The molecule has 0 amide bonds. The highest BCUT2D eigenvalue weighted by atomic mass is 16.5. The largest absolute Gasteiger partial charge is 0.379 e. The van der Waals surface area contributed by atoms with Crippen LogP contribution in [0.2, 0.25) is 0 Å². The predicted octanol–water partition coefficient (Wildman–Crippen LogP) is 2.50. The first-order valence-corrected chi connectivity index (χ1v) is 8.73. The first-order valence-electron chi connectivity index (χ1n) is 8.73. The molecule has 1 aliphatic rings. The molecular weight excluding hydrogens is 300 g/mol. The molecule has 0 saturated carbocycles. The maximum atomic E-state index is 5.41. The normalized spacial score (nSPS) is 17.3. The van der Waals surface area contributed by atoms with Gasteiger partial charge in [-0.05, 0) is 26.6 Å². The van der Waals surface area contributed by atoms with Gasteiger partial charge in [0.15, 0.2) is 0 Å². The van der Waals surface area contributed by atoms with Crippen molar-refractivity contribution in [1.29, 1.82) is 0 Å². The van der Waals surface area contributed by atoms with Gasteiger partial charge in [0.1, 0.15) is 5.82 Å². The van der Waals surface area contributed by atoms with Crippen LogP contribution in [0.4, 0.5) is 0 Å². The molecule has 2 heterocycles. The molecule has 2 aromatic rings. The first kappa shape index (κ1) is 17.1. The van der Waals surface area contributed by atoms with Gasteiger partial charge >= 0.3 is 0 Å². The molecule has 0 aliphatic carbocycles. The zero-order valence-electron chi connectivity index (χ0n) is 15.0. The SMILES string of the molecule is C[C@@H](c1ccc(-c2nccn2CCN2CCOCC2)cc1)N(C)C. The Bertz CT molecular complexity index is 629. The van der Waals surface area contributed by atoms with Crippen LogP contribution in [-0.2, 0) is 11.3 Å². The first-order chi connectivity index (χ1) is 11.6. The number of morpholine rings is 1. The van der Waals surface area contributed by atoms with E-state index in [1.54, 1.807) is 0 Å². The molecule has 5 heteroatoms. The van der Waals surface area contributed by atoms with Gasteiger partial charge in [0.2, 0.25) is 0 Å². The van der Waals surface area contributed by atoms with Crippen LogP contribution in [0.25, 0.3) is 11.4 Å². The third-order valence-electron chi connectivity index (χ3n) is 4.90. The van der Waals surface area contributed by atoms with Crippen molar-refractivity contribution in [3.8, 4) is 11.4 Å². The third kappa shape index (κ3) is 4.04. The van der Waals surface area contributed by atoms with Crippen molar-refractivity contribution >= 4 is 0 Å². The molecule has 1 aromatic heterocycles. The Balaban J connectivity index is 1.67. The number of rotatable bonds is 6. The Morgan fingerprint density at radius 3 is 2.50 bits per heavy atom. The van der Waals surface area contributed by atoms with E-state index in [0.717, 1.165) is 45.2 Å². The summed E-state index contributed by atoms with van der Waals surface area (Å²) in [5.74, 6) is 1.05. The van der Waals surface area contributed by atoms with E-state index >= 15 is 0 Å². The summed E-state index contributed by atoms with van der Waals surface area (Å²) >= 11 is 0. The summed E-state index contributed by atoms with van der Waals surface area (Å²) in [4.78, 5) is 9.24. The second kappa shape index (κ2) is 7.92. The molecule has 130 valence electrons. The topological polar surface area (TPSA) is 33.5 Å². The van der Waals surface area contributed by atoms with Crippen molar-refractivity contribution in [3.63, 3.8) is 0 Å². The number of hydrogen-bond donors (Lipinski definition) is 0. The standard InChI is InChI=1S/C19H28N4O/c1-16(21(2)3)17-4-6-18(7-5-17)19-20-8-9-23(19)11-10-22-12-14-24-15-13-22/h4-9,16H,10-15H2,1-3H3/t16-/m0/s1. The van der Waals surface area contributed by atoms with Crippen LogP contribution in [0.3, 0.4) is 0 Å². The molecule has 0 N–H and O–H groups in total. The summed E-state index contributed by atoms with van der Waals surface area (Å²) in [7, 11) is 4.22. The molecule has 0 bridgehead atoms. The number of ether oxygens (including phenoxy) is 1. The number of benzene rings is 1. The zero-order chi connectivity index (χ0) is 16.9. The second-order valence-electron chi connectivity index (χ2n) is 6.66. The smallest absolute Gasteiger partial charge is 0.139 e. The minimum atomic E-state index is 0.417. The Labute approximate surface area is 144 Å². The summed E-state index contributed by atoms with van der Waals surface area (Å²) in [6.45, 7) is 7.98. The maximum Gasteiger partial charge on any atom is 0.139 e. The molecule has 1 aliphatic heterocycles. The van der Waals surface area contributed by atoms with Crippen LogP contribution in [0, 0.1) is 0 Å². The summed E-state index contributed by atoms with van der Waals surface area (Å²) < 4.78 is 7.66. The van der Waals surface area contributed by atoms with Crippen molar-refractivity contribution in [2.45, 2.75) is 19.5 Å². The molecule has 24 heavy (non-hydrogen) atoms. The molecule has 1 aromatic carbocycles. The molecule has 1 fully saturated rings. The van der Waals surface area contributed by atoms with Gasteiger partial charge in [-0.15, -0.1) is 0 Å². The lowest BCUT2D eigenvalue weighted by Crippen LogP contribution is -2.38. The van der Waals surface area contributed by atoms with Crippen LogP contribution in [-0.4, -0.2) is 66.3 Å². The van der Waals surface area contributed by atoms with Gasteiger partial charge in [-0.2, -0.15) is 0 Å². The van der Waals surface area contributed by atoms with E-state index in [0.29, 0.717) is 6.04 Å². The lowest BCUT2D eigenvalue weighted by Gasteiger charge is -2.26. The highest BCUT2D eigenvalue weighted by Gasteiger charge is 2.13. The number of imidazole rings is 1. The number of aromatic nitrogens is 2. The van der Waals surface area contributed by atoms with Crippen LogP contribution in [0.5, 0.6) is 0 Å². The molecule has 5 nitrogen and oxygen atoms in total. The Morgan fingerprint density at radius 2 is 1.83 bits per heavy atom. The maximum absolute atomic E-state index is 5.41. The number of hydrogen-bond acceptors (Lipinski definition) is 4. The van der Waals surface area contributed by atoms with E-state index in [2.05, 4.69) is 70.8 Å². The van der Waals surface area contributed by atoms with Crippen LogP contribution < -0.4 is 0 Å². The predicted molar refractivity (Wildman–Crippen MR) is 97.0 cm³/mol. The Kier molecular flexibility index (Phi) is 5.66. The monoisotopic (exact) mass is 328 g/mol. The van der Waals surface area contributed by atoms with Crippen molar-refractivity contribution < 1.29 is 4.74 Å². The second-order valence-corrected chi connectivity index (χ2v) is 6.66. The quantitative estimate of drug-likeness (QED) is 0.816. The van der Waals surface area contributed by atoms with E-state index in [1.807, 2.05) is 6.20 Å². The fraction of sp³-hybridized carbons (Fsp3) is 0.526. The molecular formula is C19H28N4O. The fourth-order valence-electron chi connectivity index (χ4n) is 3.03. The van der Waals surface area contributed by atoms with Crippen molar-refractivity contribution in [1.82, 2.24) is 19.4 Å². The molecule has 0 unspecified atom stereocenters. The Morgan fingerprint density at radius 1 is 1.12 bits per heavy atom. The van der Waals surface area contributed by atoms with Gasteiger partial charge in [0.05, 0.1) is 13.2 Å². The van der Waals surface area contributed by atoms with Gasteiger partial charge in [-0.3, -0.25) is 4.90 Å². The average Bonchev–Trinajstić information content (AvgIpc) is 3.09. The summed E-state index contributed by atoms with van der Waals surface area (Å²) in [5, 5.41) is 0. The lowest BCUT2D eigenvalue weighted by atomic mass is 10.1. The van der Waals surface area contributed by atoms with Gasteiger partial charge in [-0.25, -0.2) is 4.98 Å². The van der Waals surface area contributed by atoms with Crippen LogP contribution in [0.1, 0.15) is 18.5 Å². The highest BCUT2D eigenvalue weighted by molar-refractivity contribution is 5.56. The van der Waals surface area contributed by atoms with Crippen LogP contribution in [0.15, 0.2) is 36.7 Å². The average molecular weight is 328 g/mol. The molecule has 1 atom stereocenters. The summed E-state index contributed by atoms with van der Waals surface area (Å²) in [6.07, 6.45) is 3.97. The van der Waals surface area contributed by atoms with Gasteiger partial charge in [-0.1, -0.05) is 24.3 Å². The van der Waals surface area contributed by atoms with E-state index < -0.39 is 0 Å². The third-order valence-corrected chi connectivity index (χ3v) is 4.90. The molecule has 3 rings (SSSR count). The molecule has 0 spiro atoms. The van der Waals surface area contributed by atoms with Crippen molar-refractivity contribution in [3.05, 3.63) is 42.2 Å². The van der Waals surface area contributed by atoms with Gasteiger partial charge in [0, 0.05) is 50.2 Å². The zero-order valence-corrected chi connectivity index (χ0v) is 15.0. The van der Waals surface area contributed by atoms with Crippen LogP contribution >= 0.6 is 0 Å². The number of nitrogens with zero attached hydrogens (tertiary/aromatic N) is 4. The molecule has 0 radical (unpaired) electrons. The minimum absolute atomic E-state index is 0.417. The Hall–Kier alpha value is -1.69. The summed E-state index contributed by atoms with van der Waals surface area (Å²) in [5.41, 5.74) is 2.51. The van der Waals surface area contributed by atoms with Crippen molar-refractivity contribution in [2.75, 3.05) is 46.9 Å². The van der Waals surface area contributed by atoms with Gasteiger partial charge in [0.25, 0.3) is 0 Å². The van der Waals surface area contributed by atoms with E-state index in [1.165, 1.54) is 11.1 Å². The lowest BCUT2D eigenvalue weighted by molar-refractivity contribution is 0.0364. The fourth-order valence-corrected chi connectivity index (χ4v) is 3.03. The van der Waals surface area contributed by atoms with Gasteiger partial charge < -0.3 is 14.2 Å². The highest BCUT2D eigenvalue weighted by Crippen LogP contribution is 2.22. The van der Waals surface area contributed by atoms with Crippen molar-refractivity contribution in [2.24, 2.45) is 0 Å². The molecule has 1 saturated heterocycles. The minimum Gasteiger partial charge on any atom is -0.379 e. The summed E-state index contributed by atoms with van der Waals surface area (Å²) in [6, 6.07) is 9.20.